The molecule has 162 valence electrons. The number of cyclic esters (lactones) is 1. The molecule has 0 fully saturated rings. The summed E-state index contributed by atoms with van der Waals surface area (Å²) in [6.45, 7) is 2.64. The van der Waals surface area contributed by atoms with Gasteiger partial charge in [-0.25, -0.2) is 9.79 Å². The molecule has 0 amide bonds. The highest BCUT2D eigenvalue weighted by Crippen LogP contribution is 2.38. The number of aliphatic imine (C=N–C) groups is 1. The molecule has 32 heavy (non-hydrogen) atoms. The Balaban J connectivity index is 1.63. The Morgan fingerprint density at radius 1 is 0.969 bits per heavy atom. The zero-order valence-corrected chi connectivity index (χ0v) is 18.7. The van der Waals surface area contributed by atoms with Crippen molar-refractivity contribution in [2.24, 2.45) is 4.99 Å². The lowest BCUT2D eigenvalue weighted by Crippen LogP contribution is -2.05. The van der Waals surface area contributed by atoms with Crippen molar-refractivity contribution in [1.29, 1.82) is 0 Å². The number of carbonyl (C=O) groups excluding carboxylic acids is 1. The first-order valence-electron chi connectivity index (χ1n) is 9.95. The van der Waals surface area contributed by atoms with Gasteiger partial charge in [-0.05, 0) is 48.4 Å². The monoisotopic (exact) mass is 467 g/mol. The first-order chi connectivity index (χ1) is 15.5. The molecule has 0 saturated carbocycles. The Hall–Kier alpha value is -3.28. The summed E-state index contributed by atoms with van der Waals surface area (Å²) >= 11 is 12.7. The van der Waals surface area contributed by atoms with Crippen LogP contribution in [0.2, 0.25) is 10.0 Å². The first kappa shape index (κ1) is 21.9. The van der Waals surface area contributed by atoms with Crippen molar-refractivity contribution in [2.45, 2.75) is 13.5 Å². The maximum absolute atomic E-state index is 12.4. The van der Waals surface area contributed by atoms with Gasteiger partial charge in [-0.15, -0.1) is 0 Å². The van der Waals surface area contributed by atoms with Crippen LogP contribution in [-0.4, -0.2) is 18.5 Å². The molecule has 4 rings (SSSR count). The van der Waals surface area contributed by atoms with Gasteiger partial charge in [0.2, 0.25) is 5.90 Å². The smallest absolute Gasteiger partial charge is 0.363 e. The van der Waals surface area contributed by atoms with Gasteiger partial charge in [0.25, 0.3) is 0 Å². The number of rotatable bonds is 7. The number of ether oxygens (including phenoxy) is 3. The fourth-order valence-electron chi connectivity index (χ4n) is 3.12. The van der Waals surface area contributed by atoms with Gasteiger partial charge in [0.05, 0.1) is 22.2 Å². The van der Waals surface area contributed by atoms with Gasteiger partial charge in [0, 0.05) is 0 Å². The van der Waals surface area contributed by atoms with E-state index in [0.29, 0.717) is 45.9 Å². The summed E-state index contributed by atoms with van der Waals surface area (Å²) in [6.07, 6.45) is 1.58. The molecule has 1 aliphatic rings. The highest BCUT2D eigenvalue weighted by Gasteiger charge is 2.25. The van der Waals surface area contributed by atoms with Crippen molar-refractivity contribution in [2.75, 3.05) is 6.61 Å². The van der Waals surface area contributed by atoms with Gasteiger partial charge < -0.3 is 14.2 Å². The van der Waals surface area contributed by atoms with Gasteiger partial charge in [-0.1, -0.05) is 65.7 Å². The maximum Gasteiger partial charge on any atom is 0.363 e. The lowest BCUT2D eigenvalue weighted by molar-refractivity contribution is -0.129. The number of hydrogen-bond acceptors (Lipinski definition) is 5. The summed E-state index contributed by atoms with van der Waals surface area (Å²) in [7, 11) is 0. The van der Waals surface area contributed by atoms with Gasteiger partial charge in [0.15, 0.2) is 17.2 Å². The van der Waals surface area contributed by atoms with Crippen LogP contribution < -0.4 is 9.47 Å². The third-order valence-corrected chi connectivity index (χ3v) is 5.20. The Morgan fingerprint density at radius 3 is 2.47 bits per heavy atom. The van der Waals surface area contributed by atoms with Crippen LogP contribution in [-0.2, 0) is 16.1 Å². The van der Waals surface area contributed by atoms with Crippen LogP contribution in [0.3, 0.4) is 0 Å². The van der Waals surface area contributed by atoms with Crippen LogP contribution in [0.4, 0.5) is 0 Å². The van der Waals surface area contributed by atoms with Crippen LogP contribution >= 0.6 is 23.2 Å². The highest BCUT2D eigenvalue weighted by atomic mass is 35.5. The standard InChI is InChI=1S/C25H19Cl2NO4/c1-2-30-22-14-17(12-20(27)23(22)31-15-16-8-4-3-5-9-16)13-21-25(29)32-24(28-21)18-10-6-7-11-19(18)26/h3-14H,2,15H2,1H3/b21-13-. The summed E-state index contributed by atoms with van der Waals surface area (Å²) in [5.74, 6) is 0.502. The zero-order valence-electron chi connectivity index (χ0n) is 17.2. The maximum atomic E-state index is 12.4. The summed E-state index contributed by atoms with van der Waals surface area (Å²) in [5.41, 5.74) is 2.31. The van der Waals surface area contributed by atoms with Crippen LogP contribution in [0, 0.1) is 0 Å². The minimum Gasteiger partial charge on any atom is -0.490 e. The number of halogens is 2. The molecule has 0 spiro atoms. The summed E-state index contributed by atoms with van der Waals surface area (Å²) < 4.78 is 17.0. The van der Waals surface area contributed by atoms with E-state index in [1.807, 2.05) is 37.3 Å². The molecule has 1 heterocycles. The quantitative estimate of drug-likeness (QED) is 0.301. The van der Waals surface area contributed by atoms with E-state index in [9.17, 15) is 4.79 Å². The van der Waals surface area contributed by atoms with Gasteiger partial charge in [-0.3, -0.25) is 0 Å². The highest BCUT2D eigenvalue weighted by molar-refractivity contribution is 6.34. The van der Waals surface area contributed by atoms with E-state index in [0.717, 1.165) is 5.56 Å². The average Bonchev–Trinajstić information content (AvgIpc) is 3.14. The Bertz CT molecular complexity index is 1210. The molecule has 1 aliphatic heterocycles. The second-order valence-corrected chi connectivity index (χ2v) is 7.67. The molecule has 5 nitrogen and oxygen atoms in total. The average molecular weight is 468 g/mol. The second-order valence-electron chi connectivity index (χ2n) is 6.85. The molecule has 0 N–H and O–H groups in total. The molecular weight excluding hydrogens is 449 g/mol. The third-order valence-electron chi connectivity index (χ3n) is 4.59. The molecule has 0 aliphatic carbocycles. The summed E-state index contributed by atoms with van der Waals surface area (Å²) in [6, 6.07) is 20.2. The number of nitrogens with zero attached hydrogens (tertiary/aromatic N) is 1. The molecule has 0 saturated heterocycles. The van der Waals surface area contributed by atoms with Crippen molar-refractivity contribution in [3.63, 3.8) is 0 Å². The third kappa shape index (κ3) is 4.96. The van der Waals surface area contributed by atoms with Crippen LogP contribution in [0.1, 0.15) is 23.6 Å². The Morgan fingerprint density at radius 2 is 1.72 bits per heavy atom. The van der Waals surface area contributed by atoms with E-state index in [1.165, 1.54) is 0 Å². The number of carbonyl (C=O) groups is 1. The van der Waals surface area contributed by atoms with Gasteiger partial charge in [0.1, 0.15) is 6.61 Å². The Kier molecular flexibility index (Phi) is 6.78. The van der Waals surface area contributed by atoms with E-state index in [1.54, 1.807) is 42.5 Å². The molecule has 0 radical (unpaired) electrons. The van der Waals surface area contributed by atoms with Crippen molar-refractivity contribution in [3.05, 3.63) is 99.2 Å². The molecule has 3 aromatic carbocycles. The SMILES string of the molecule is CCOc1cc(/C=C2\N=C(c3ccccc3Cl)OC2=O)cc(Cl)c1OCc1ccccc1. The molecule has 0 atom stereocenters. The van der Waals surface area contributed by atoms with E-state index in [2.05, 4.69) is 4.99 Å². The lowest BCUT2D eigenvalue weighted by Gasteiger charge is -2.14. The molecule has 0 bridgehead atoms. The van der Waals surface area contributed by atoms with Crippen LogP contribution in [0.25, 0.3) is 6.08 Å². The van der Waals surface area contributed by atoms with Crippen molar-refractivity contribution in [1.82, 2.24) is 0 Å². The van der Waals surface area contributed by atoms with Crippen molar-refractivity contribution >= 4 is 41.1 Å². The second kappa shape index (κ2) is 9.90. The van der Waals surface area contributed by atoms with Crippen molar-refractivity contribution in [3.8, 4) is 11.5 Å². The van der Waals surface area contributed by atoms with Crippen LogP contribution in [0.15, 0.2) is 77.4 Å². The Labute approximate surface area is 195 Å². The van der Waals surface area contributed by atoms with E-state index in [-0.39, 0.29) is 11.6 Å². The molecular formula is C25H19Cl2NO4. The normalized spacial score (nSPS) is 14.3. The van der Waals surface area contributed by atoms with Gasteiger partial charge in [-0.2, -0.15) is 0 Å². The largest absolute Gasteiger partial charge is 0.490 e. The van der Waals surface area contributed by atoms with Gasteiger partial charge >= 0.3 is 5.97 Å². The minimum atomic E-state index is -0.571. The summed E-state index contributed by atoms with van der Waals surface area (Å²) in [4.78, 5) is 16.7. The van der Waals surface area contributed by atoms with E-state index in [4.69, 9.17) is 37.4 Å². The zero-order chi connectivity index (χ0) is 22.5. The lowest BCUT2D eigenvalue weighted by atomic mass is 10.1. The van der Waals surface area contributed by atoms with E-state index < -0.39 is 5.97 Å². The number of esters is 1. The van der Waals surface area contributed by atoms with Crippen LogP contribution in [0.5, 0.6) is 11.5 Å². The molecule has 0 unspecified atom stereocenters. The summed E-state index contributed by atoms with van der Waals surface area (Å²) in [5, 5.41) is 0.808. The molecule has 0 aromatic heterocycles. The topological polar surface area (TPSA) is 57.1 Å². The predicted octanol–water partition coefficient (Wildman–Crippen LogP) is 6.32. The molecule has 7 heteroatoms. The number of hydrogen-bond donors (Lipinski definition) is 0. The number of benzene rings is 3. The minimum absolute atomic E-state index is 0.136. The fraction of sp³-hybridized carbons (Fsp3) is 0.120. The van der Waals surface area contributed by atoms with Crippen molar-refractivity contribution < 1.29 is 19.0 Å². The molecule has 3 aromatic rings. The van der Waals surface area contributed by atoms with E-state index >= 15 is 0 Å². The first-order valence-corrected chi connectivity index (χ1v) is 10.7. The predicted molar refractivity (Wildman–Crippen MR) is 125 cm³/mol. The fourth-order valence-corrected chi connectivity index (χ4v) is 3.61.